The van der Waals surface area contributed by atoms with Gasteiger partial charge in [-0.05, 0) is 64.0 Å². The number of nitrogens with zero attached hydrogens (tertiary/aromatic N) is 1. The molecule has 0 fully saturated rings. The molecule has 28 heavy (non-hydrogen) atoms. The molecule has 0 bridgehead atoms. The lowest BCUT2D eigenvalue weighted by atomic mass is 10.0. The first-order valence-electron chi connectivity index (χ1n) is 9.65. The van der Waals surface area contributed by atoms with Gasteiger partial charge >= 0.3 is 0 Å². The van der Waals surface area contributed by atoms with Gasteiger partial charge in [-0.15, -0.1) is 0 Å². The standard InChI is InChI=1S/C24H31NO3/c1-19(2)26-16-8-9-17-27-22-14-12-20(13-15-22)23-11-7-6-10-21(23)18-25-28-24(3,4)5/h6-15,18-19H,16-17H2,1-5H3/b9-8+,25-18-. The molecule has 0 radical (unpaired) electrons. The zero-order chi connectivity index (χ0) is 20.4. The van der Waals surface area contributed by atoms with Crippen molar-refractivity contribution < 1.29 is 14.3 Å². The fourth-order valence-corrected chi connectivity index (χ4v) is 2.37. The smallest absolute Gasteiger partial charge is 0.129 e. The van der Waals surface area contributed by atoms with Crippen LogP contribution in [0.2, 0.25) is 0 Å². The van der Waals surface area contributed by atoms with Crippen molar-refractivity contribution in [2.75, 3.05) is 13.2 Å². The second-order valence-corrected chi connectivity index (χ2v) is 7.71. The predicted molar refractivity (Wildman–Crippen MR) is 116 cm³/mol. The maximum absolute atomic E-state index is 5.75. The minimum Gasteiger partial charge on any atom is -0.490 e. The van der Waals surface area contributed by atoms with Gasteiger partial charge in [0.15, 0.2) is 0 Å². The van der Waals surface area contributed by atoms with E-state index in [1.54, 1.807) is 6.21 Å². The number of hydrogen-bond acceptors (Lipinski definition) is 4. The van der Waals surface area contributed by atoms with E-state index in [-0.39, 0.29) is 11.7 Å². The number of hydrogen-bond donors (Lipinski definition) is 0. The molecule has 0 unspecified atom stereocenters. The molecule has 0 saturated heterocycles. The zero-order valence-corrected chi connectivity index (χ0v) is 17.5. The molecule has 2 aromatic carbocycles. The summed E-state index contributed by atoms with van der Waals surface area (Å²) in [7, 11) is 0. The van der Waals surface area contributed by atoms with Gasteiger partial charge in [0.25, 0.3) is 0 Å². The Morgan fingerprint density at radius 3 is 2.29 bits per heavy atom. The van der Waals surface area contributed by atoms with E-state index in [1.165, 1.54) is 0 Å². The Hall–Kier alpha value is -2.59. The van der Waals surface area contributed by atoms with Crippen LogP contribution < -0.4 is 4.74 Å². The van der Waals surface area contributed by atoms with Crippen LogP contribution in [0.5, 0.6) is 5.75 Å². The van der Waals surface area contributed by atoms with Crippen molar-refractivity contribution in [2.45, 2.75) is 46.3 Å². The van der Waals surface area contributed by atoms with E-state index in [1.807, 2.05) is 77.1 Å². The second-order valence-electron chi connectivity index (χ2n) is 7.71. The first kappa shape index (κ1) is 21.7. The van der Waals surface area contributed by atoms with E-state index in [9.17, 15) is 0 Å². The van der Waals surface area contributed by atoms with Crippen LogP contribution in [0, 0.1) is 0 Å². The van der Waals surface area contributed by atoms with Gasteiger partial charge in [0, 0.05) is 5.56 Å². The molecule has 4 heteroatoms. The van der Waals surface area contributed by atoms with Crippen molar-refractivity contribution in [3.05, 3.63) is 66.2 Å². The lowest BCUT2D eigenvalue weighted by Gasteiger charge is -2.15. The Balaban J connectivity index is 1.98. The van der Waals surface area contributed by atoms with Crippen molar-refractivity contribution in [1.82, 2.24) is 0 Å². The van der Waals surface area contributed by atoms with Crippen LogP contribution in [0.25, 0.3) is 11.1 Å². The summed E-state index contributed by atoms with van der Waals surface area (Å²) in [6.07, 6.45) is 5.95. The summed E-state index contributed by atoms with van der Waals surface area (Å²) in [6, 6.07) is 16.2. The summed E-state index contributed by atoms with van der Waals surface area (Å²) in [6.45, 7) is 11.1. The Morgan fingerprint density at radius 2 is 1.61 bits per heavy atom. The maximum Gasteiger partial charge on any atom is 0.129 e. The Kier molecular flexibility index (Phi) is 8.27. The highest BCUT2D eigenvalue weighted by Crippen LogP contribution is 2.25. The van der Waals surface area contributed by atoms with E-state index < -0.39 is 0 Å². The SMILES string of the molecule is CC(C)OC/C=C/COc1ccc(-c2ccccc2/C=N\OC(C)(C)C)cc1. The molecule has 0 heterocycles. The average Bonchev–Trinajstić information content (AvgIpc) is 2.64. The molecule has 0 saturated carbocycles. The van der Waals surface area contributed by atoms with E-state index in [2.05, 4.69) is 23.4 Å². The number of oxime groups is 1. The minimum atomic E-state index is -0.306. The fourth-order valence-electron chi connectivity index (χ4n) is 2.37. The molecule has 0 spiro atoms. The largest absolute Gasteiger partial charge is 0.490 e. The van der Waals surface area contributed by atoms with Gasteiger partial charge in [-0.1, -0.05) is 47.6 Å². The van der Waals surface area contributed by atoms with Crippen LogP contribution in [0.4, 0.5) is 0 Å². The third-order valence-electron chi connectivity index (χ3n) is 3.68. The molecule has 0 amide bonds. The normalized spacial score (nSPS) is 12.2. The molecule has 0 aromatic heterocycles. The van der Waals surface area contributed by atoms with Gasteiger partial charge in [-0.3, -0.25) is 0 Å². The molecule has 4 nitrogen and oxygen atoms in total. The highest BCUT2D eigenvalue weighted by atomic mass is 16.6. The van der Waals surface area contributed by atoms with Gasteiger partial charge in [-0.2, -0.15) is 0 Å². The molecule has 2 rings (SSSR count). The number of ether oxygens (including phenoxy) is 2. The molecule has 150 valence electrons. The molecule has 0 aliphatic carbocycles. The third kappa shape index (κ3) is 7.97. The third-order valence-corrected chi connectivity index (χ3v) is 3.68. The van der Waals surface area contributed by atoms with E-state index in [0.717, 1.165) is 22.4 Å². The van der Waals surface area contributed by atoms with Crippen molar-refractivity contribution in [1.29, 1.82) is 0 Å². The summed E-state index contributed by atoms with van der Waals surface area (Å²) in [4.78, 5) is 5.46. The highest BCUT2D eigenvalue weighted by Gasteiger charge is 2.10. The van der Waals surface area contributed by atoms with E-state index in [0.29, 0.717) is 13.2 Å². The minimum absolute atomic E-state index is 0.242. The van der Waals surface area contributed by atoms with Crippen LogP contribution >= 0.6 is 0 Å². The summed E-state index contributed by atoms with van der Waals surface area (Å²) in [5.41, 5.74) is 2.90. The molecule has 0 aliphatic heterocycles. The first-order chi connectivity index (χ1) is 13.3. The molecular weight excluding hydrogens is 350 g/mol. The fraction of sp³-hybridized carbons (Fsp3) is 0.375. The molecule has 0 atom stereocenters. The molecule has 0 N–H and O–H groups in total. The quantitative estimate of drug-likeness (QED) is 0.310. The first-order valence-corrected chi connectivity index (χ1v) is 9.65. The zero-order valence-electron chi connectivity index (χ0n) is 17.5. The van der Waals surface area contributed by atoms with E-state index >= 15 is 0 Å². The van der Waals surface area contributed by atoms with Gasteiger partial charge in [0.05, 0.1) is 18.9 Å². The summed E-state index contributed by atoms with van der Waals surface area (Å²) in [5.74, 6) is 0.834. The lowest BCUT2D eigenvalue weighted by Crippen LogP contribution is -2.15. The van der Waals surface area contributed by atoms with Gasteiger partial charge in [0.2, 0.25) is 0 Å². The summed E-state index contributed by atoms with van der Waals surface area (Å²) in [5, 5.41) is 4.12. The van der Waals surface area contributed by atoms with Gasteiger partial charge < -0.3 is 14.3 Å². The van der Waals surface area contributed by atoms with Crippen molar-refractivity contribution in [3.63, 3.8) is 0 Å². The maximum atomic E-state index is 5.75. The lowest BCUT2D eigenvalue weighted by molar-refractivity contribution is 0.00199. The van der Waals surface area contributed by atoms with Crippen LogP contribution in [0.15, 0.2) is 65.8 Å². The van der Waals surface area contributed by atoms with Crippen LogP contribution in [-0.4, -0.2) is 31.1 Å². The van der Waals surface area contributed by atoms with Gasteiger partial charge in [0.1, 0.15) is 18.0 Å². The van der Waals surface area contributed by atoms with Crippen molar-refractivity contribution in [2.24, 2.45) is 5.16 Å². The molecular formula is C24H31NO3. The van der Waals surface area contributed by atoms with Crippen LogP contribution in [-0.2, 0) is 9.57 Å². The summed E-state index contributed by atoms with van der Waals surface area (Å²) >= 11 is 0. The Bertz CT molecular complexity index is 771. The monoisotopic (exact) mass is 381 g/mol. The number of rotatable bonds is 9. The van der Waals surface area contributed by atoms with Gasteiger partial charge in [-0.25, -0.2) is 0 Å². The topological polar surface area (TPSA) is 40.0 Å². The van der Waals surface area contributed by atoms with Crippen molar-refractivity contribution >= 4 is 6.21 Å². The predicted octanol–water partition coefficient (Wildman–Crippen LogP) is 5.86. The van der Waals surface area contributed by atoms with Crippen LogP contribution in [0.3, 0.4) is 0 Å². The molecule has 2 aromatic rings. The average molecular weight is 382 g/mol. The molecule has 0 aliphatic rings. The summed E-state index contributed by atoms with van der Waals surface area (Å²) < 4.78 is 11.2. The highest BCUT2D eigenvalue weighted by molar-refractivity contribution is 5.90. The Labute approximate surface area is 168 Å². The van der Waals surface area contributed by atoms with Crippen molar-refractivity contribution in [3.8, 4) is 16.9 Å². The number of benzene rings is 2. The van der Waals surface area contributed by atoms with Crippen LogP contribution in [0.1, 0.15) is 40.2 Å². The second kappa shape index (κ2) is 10.7. The van der Waals surface area contributed by atoms with E-state index in [4.69, 9.17) is 14.3 Å². The Morgan fingerprint density at radius 1 is 0.929 bits per heavy atom.